The summed E-state index contributed by atoms with van der Waals surface area (Å²) in [7, 11) is 0. The Morgan fingerprint density at radius 1 is 1.64 bits per heavy atom. The number of nitrogens with one attached hydrogen (secondary N) is 1. The topological polar surface area (TPSA) is 35.8 Å². The smallest absolute Gasteiger partial charge is 0.107 e. The Labute approximate surface area is 68.6 Å². The third-order valence-electron chi connectivity index (χ3n) is 2.21. The highest BCUT2D eigenvalue weighted by molar-refractivity contribution is 5.10. The molecule has 2 heteroatoms. The monoisotopic (exact) mass is 152 g/mol. The molecule has 11 heavy (non-hydrogen) atoms. The Morgan fingerprint density at radius 3 is 2.73 bits per heavy atom. The van der Waals surface area contributed by atoms with Crippen molar-refractivity contribution < 1.29 is 0 Å². The summed E-state index contributed by atoms with van der Waals surface area (Å²) in [5.74, 6) is 0.611. The maximum absolute atomic E-state index is 8.95. The van der Waals surface area contributed by atoms with E-state index >= 15 is 0 Å². The fourth-order valence-electron chi connectivity index (χ4n) is 1.82. The molecule has 0 amide bonds. The van der Waals surface area contributed by atoms with Gasteiger partial charge >= 0.3 is 0 Å². The van der Waals surface area contributed by atoms with Gasteiger partial charge in [-0.15, -0.1) is 0 Å². The summed E-state index contributed by atoms with van der Waals surface area (Å²) in [4.78, 5) is 0. The molecule has 0 spiro atoms. The van der Waals surface area contributed by atoms with Crippen LogP contribution in [0.4, 0.5) is 0 Å². The molecule has 1 aliphatic heterocycles. The predicted octanol–water partition coefficient (Wildman–Crippen LogP) is 1.68. The van der Waals surface area contributed by atoms with Gasteiger partial charge in [0.05, 0.1) is 6.07 Å². The Morgan fingerprint density at radius 2 is 2.36 bits per heavy atom. The lowest BCUT2D eigenvalue weighted by atomic mass is 9.89. The molecule has 1 saturated heterocycles. The molecule has 0 radical (unpaired) electrons. The van der Waals surface area contributed by atoms with Crippen LogP contribution in [0.5, 0.6) is 0 Å². The lowest BCUT2D eigenvalue weighted by Gasteiger charge is -2.22. The zero-order valence-electron chi connectivity index (χ0n) is 7.35. The molecule has 0 aromatic carbocycles. The Kier molecular flexibility index (Phi) is 2.51. The first-order valence-electron chi connectivity index (χ1n) is 4.35. The summed E-state index contributed by atoms with van der Waals surface area (Å²) in [6.07, 6.45) is 3.17. The van der Waals surface area contributed by atoms with Crippen LogP contribution >= 0.6 is 0 Å². The van der Waals surface area contributed by atoms with E-state index in [-0.39, 0.29) is 5.54 Å². The molecule has 1 N–H and O–H groups in total. The third-order valence-corrected chi connectivity index (χ3v) is 2.21. The van der Waals surface area contributed by atoms with Crippen molar-refractivity contribution in [3.8, 4) is 6.07 Å². The van der Waals surface area contributed by atoms with Crippen LogP contribution < -0.4 is 5.32 Å². The van der Waals surface area contributed by atoms with Crippen LogP contribution in [0.2, 0.25) is 0 Å². The summed E-state index contributed by atoms with van der Waals surface area (Å²) in [5, 5.41) is 12.2. The molecule has 1 unspecified atom stereocenters. The van der Waals surface area contributed by atoms with Crippen LogP contribution in [0.15, 0.2) is 0 Å². The summed E-state index contributed by atoms with van der Waals surface area (Å²) < 4.78 is 0. The molecular formula is C9H16N2. The minimum atomic E-state index is -0.186. The van der Waals surface area contributed by atoms with Crippen LogP contribution in [0.25, 0.3) is 0 Å². The van der Waals surface area contributed by atoms with Gasteiger partial charge in [-0.05, 0) is 31.7 Å². The van der Waals surface area contributed by atoms with Gasteiger partial charge in [-0.3, -0.25) is 5.32 Å². The van der Waals surface area contributed by atoms with Crippen molar-refractivity contribution in [2.45, 2.75) is 38.6 Å². The van der Waals surface area contributed by atoms with E-state index in [1.54, 1.807) is 0 Å². The van der Waals surface area contributed by atoms with Gasteiger partial charge in [-0.2, -0.15) is 5.26 Å². The molecule has 62 valence electrons. The van der Waals surface area contributed by atoms with Gasteiger partial charge in [-0.1, -0.05) is 13.8 Å². The van der Waals surface area contributed by atoms with E-state index < -0.39 is 0 Å². The third kappa shape index (κ3) is 1.94. The molecule has 0 aliphatic carbocycles. The number of nitriles is 1. The Balaban J connectivity index is 2.54. The van der Waals surface area contributed by atoms with Crippen LogP contribution in [0, 0.1) is 17.2 Å². The van der Waals surface area contributed by atoms with Gasteiger partial charge < -0.3 is 0 Å². The van der Waals surface area contributed by atoms with Gasteiger partial charge in [0.15, 0.2) is 0 Å². The van der Waals surface area contributed by atoms with Crippen molar-refractivity contribution >= 4 is 0 Å². The van der Waals surface area contributed by atoms with Crippen molar-refractivity contribution in [3.05, 3.63) is 0 Å². The van der Waals surface area contributed by atoms with Crippen LogP contribution in [-0.2, 0) is 0 Å². The minimum absolute atomic E-state index is 0.186. The number of nitrogens with zero attached hydrogens (tertiary/aromatic N) is 1. The highest BCUT2D eigenvalue weighted by Crippen LogP contribution is 2.25. The first kappa shape index (κ1) is 8.55. The molecule has 0 saturated carbocycles. The summed E-state index contributed by atoms with van der Waals surface area (Å²) in [5.41, 5.74) is -0.186. The SMILES string of the molecule is CC(C)CC1(C#N)CCCN1. The lowest BCUT2D eigenvalue weighted by molar-refractivity contribution is 0.382. The minimum Gasteiger partial charge on any atom is -0.299 e. The van der Waals surface area contributed by atoms with E-state index in [1.807, 2.05) is 0 Å². The van der Waals surface area contributed by atoms with Crippen molar-refractivity contribution in [2.75, 3.05) is 6.54 Å². The Hall–Kier alpha value is -0.550. The lowest BCUT2D eigenvalue weighted by Crippen LogP contribution is -2.39. The Bertz CT molecular complexity index is 161. The zero-order chi connectivity index (χ0) is 8.32. The predicted molar refractivity (Wildman–Crippen MR) is 45.0 cm³/mol. The molecule has 0 aromatic heterocycles. The van der Waals surface area contributed by atoms with E-state index in [4.69, 9.17) is 5.26 Å². The second-order valence-corrected chi connectivity index (χ2v) is 3.82. The molecule has 0 aromatic rings. The van der Waals surface area contributed by atoms with Crippen molar-refractivity contribution in [1.82, 2.24) is 5.32 Å². The summed E-state index contributed by atoms with van der Waals surface area (Å²) >= 11 is 0. The summed E-state index contributed by atoms with van der Waals surface area (Å²) in [6, 6.07) is 2.40. The van der Waals surface area contributed by atoms with Gasteiger partial charge in [0.25, 0.3) is 0 Å². The molecular weight excluding hydrogens is 136 g/mol. The highest BCUT2D eigenvalue weighted by Gasteiger charge is 2.33. The van der Waals surface area contributed by atoms with Crippen molar-refractivity contribution in [1.29, 1.82) is 5.26 Å². The van der Waals surface area contributed by atoms with Crippen LogP contribution in [-0.4, -0.2) is 12.1 Å². The van der Waals surface area contributed by atoms with Crippen LogP contribution in [0.1, 0.15) is 33.1 Å². The number of hydrogen-bond acceptors (Lipinski definition) is 2. The van der Waals surface area contributed by atoms with Crippen molar-refractivity contribution in [3.63, 3.8) is 0 Å². The average molecular weight is 152 g/mol. The van der Waals surface area contributed by atoms with Gasteiger partial charge in [0.1, 0.15) is 5.54 Å². The van der Waals surface area contributed by atoms with E-state index in [1.165, 1.54) is 0 Å². The molecule has 1 atom stereocenters. The van der Waals surface area contributed by atoms with Gasteiger partial charge in [-0.25, -0.2) is 0 Å². The maximum Gasteiger partial charge on any atom is 0.107 e. The van der Waals surface area contributed by atoms with Crippen LogP contribution in [0.3, 0.4) is 0 Å². The molecule has 1 aliphatic rings. The average Bonchev–Trinajstić information content (AvgIpc) is 2.36. The number of rotatable bonds is 2. The molecule has 1 rings (SSSR count). The molecule has 1 fully saturated rings. The fraction of sp³-hybridized carbons (Fsp3) is 0.889. The fourth-order valence-corrected chi connectivity index (χ4v) is 1.82. The largest absolute Gasteiger partial charge is 0.299 e. The van der Waals surface area contributed by atoms with E-state index in [2.05, 4.69) is 25.2 Å². The second-order valence-electron chi connectivity index (χ2n) is 3.82. The first-order chi connectivity index (χ1) is 5.18. The van der Waals surface area contributed by atoms with Gasteiger partial charge in [0.2, 0.25) is 0 Å². The molecule has 1 heterocycles. The zero-order valence-corrected chi connectivity index (χ0v) is 7.35. The number of hydrogen-bond donors (Lipinski definition) is 1. The second kappa shape index (κ2) is 3.23. The standard InChI is InChI=1S/C9H16N2/c1-8(2)6-9(7-10)4-3-5-11-9/h8,11H,3-6H2,1-2H3. The summed E-state index contributed by atoms with van der Waals surface area (Å²) in [6.45, 7) is 5.35. The van der Waals surface area contributed by atoms with Gasteiger partial charge in [0, 0.05) is 0 Å². The first-order valence-corrected chi connectivity index (χ1v) is 4.35. The normalized spacial score (nSPS) is 30.7. The highest BCUT2D eigenvalue weighted by atomic mass is 15.0. The molecule has 0 bridgehead atoms. The van der Waals surface area contributed by atoms with Crippen molar-refractivity contribution in [2.24, 2.45) is 5.92 Å². The maximum atomic E-state index is 8.95. The molecule has 2 nitrogen and oxygen atoms in total. The van der Waals surface area contributed by atoms with E-state index in [0.29, 0.717) is 5.92 Å². The van der Waals surface area contributed by atoms with E-state index in [9.17, 15) is 0 Å². The van der Waals surface area contributed by atoms with E-state index in [0.717, 1.165) is 25.8 Å². The quantitative estimate of drug-likeness (QED) is 0.653.